The van der Waals surface area contributed by atoms with Crippen LogP contribution in [0, 0.1) is 6.92 Å². The lowest BCUT2D eigenvalue weighted by molar-refractivity contribution is 0.399. The third kappa shape index (κ3) is 3.94. The number of hydrogen-bond acceptors (Lipinski definition) is 4. The Hall–Kier alpha value is -1.61. The van der Waals surface area contributed by atoms with Gasteiger partial charge >= 0.3 is 0 Å². The number of rotatable bonds is 5. The first-order chi connectivity index (χ1) is 9.80. The van der Waals surface area contributed by atoms with Crippen LogP contribution in [-0.2, 0) is 10.7 Å². The number of benzene rings is 1. The first-order valence-corrected chi connectivity index (χ1v) is 9.68. The second kappa shape index (κ2) is 6.02. The molecule has 1 atom stereocenters. The summed E-state index contributed by atoms with van der Waals surface area (Å²) in [5, 5.41) is 8.30. The van der Waals surface area contributed by atoms with Gasteiger partial charge in [-0.3, -0.25) is 0 Å². The van der Waals surface area contributed by atoms with Crippen molar-refractivity contribution in [2.75, 3.05) is 20.4 Å². The molecule has 0 saturated heterocycles. The minimum Gasteiger partial charge on any atom is -0.496 e. The molecule has 0 fully saturated rings. The van der Waals surface area contributed by atoms with E-state index in [1.54, 1.807) is 25.1 Å². The van der Waals surface area contributed by atoms with Crippen molar-refractivity contribution in [3.63, 3.8) is 0 Å². The predicted octanol–water partition coefficient (Wildman–Crippen LogP) is 3.33. The van der Waals surface area contributed by atoms with Crippen molar-refractivity contribution in [1.29, 1.82) is 0 Å². The normalized spacial score (nSPS) is 13.2. The fourth-order valence-corrected chi connectivity index (χ4v) is 3.21. The molecule has 6 heteroatoms. The Morgan fingerprint density at radius 2 is 2.10 bits per heavy atom. The van der Waals surface area contributed by atoms with E-state index in [2.05, 4.69) is 16.4 Å². The number of methoxy groups -OCH3 is 1. The summed E-state index contributed by atoms with van der Waals surface area (Å²) in [6, 6.07) is 6.08. The standard InChI is InChI=1S/C15H22N3O2P/c1-11-6-7-15(20-3)14(8-11)12(2)18-9-13(16-17-18)10-21(4,5)19/h6-9,12H,10H2,1-5H3/t12-/m1/s1. The Balaban J connectivity index is 2.30. The minimum atomic E-state index is -2.14. The van der Waals surface area contributed by atoms with Crippen LogP contribution in [0.3, 0.4) is 0 Å². The van der Waals surface area contributed by atoms with Crippen molar-refractivity contribution in [3.05, 3.63) is 41.2 Å². The smallest absolute Gasteiger partial charge is 0.124 e. The lowest BCUT2D eigenvalue weighted by atomic mass is 10.0. The van der Waals surface area contributed by atoms with Crippen LogP contribution in [0.2, 0.25) is 0 Å². The van der Waals surface area contributed by atoms with Gasteiger partial charge < -0.3 is 9.30 Å². The van der Waals surface area contributed by atoms with Crippen molar-refractivity contribution in [2.45, 2.75) is 26.1 Å². The molecule has 0 bridgehead atoms. The van der Waals surface area contributed by atoms with Crippen molar-refractivity contribution in [1.82, 2.24) is 15.0 Å². The van der Waals surface area contributed by atoms with Crippen molar-refractivity contribution < 1.29 is 9.30 Å². The summed E-state index contributed by atoms with van der Waals surface area (Å²) < 4.78 is 19.1. The second-order valence-electron chi connectivity index (χ2n) is 5.84. The van der Waals surface area contributed by atoms with Crippen LogP contribution >= 0.6 is 7.14 Å². The summed E-state index contributed by atoms with van der Waals surface area (Å²) in [7, 11) is -0.475. The Bertz CT molecular complexity index is 675. The molecular weight excluding hydrogens is 285 g/mol. The maximum Gasteiger partial charge on any atom is 0.124 e. The van der Waals surface area contributed by atoms with Gasteiger partial charge in [-0.25, -0.2) is 4.68 Å². The highest BCUT2D eigenvalue weighted by Gasteiger charge is 2.17. The zero-order chi connectivity index (χ0) is 15.6. The Morgan fingerprint density at radius 3 is 2.71 bits per heavy atom. The molecule has 1 aromatic carbocycles. The molecule has 1 heterocycles. The fraction of sp³-hybridized carbons (Fsp3) is 0.467. The van der Waals surface area contributed by atoms with Gasteiger partial charge in [0.1, 0.15) is 5.75 Å². The molecule has 21 heavy (non-hydrogen) atoms. The molecule has 0 saturated carbocycles. The van der Waals surface area contributed by atoms with Gasteiger partial charge in [0.2, 0.25) is 0 Å². The average Bonchev–Trinajstić information content (AvgIpc) is 2.84. The fourth-order valence-electron chi connectivity index (χ4n) is 2.29. The topological polar surface area (TPSA) is 57.0 Å². The van der Waals surface area contributed by atoms with Crippen LogP contribution in [0.4, 0.5) is 0 Å². The largest absolute Gasteiger partial charge is 0.496 e. The monoisotopic (exact) mass is 307 g/mol. The maximum absolute atomic E-state index is 11.9. The summed E-state index contributed by atoms with van der Waals surface area (Å²) in [4.78, 5) is 0. The summed E-state index contributed by atoms with van der Waals surface area (Å²) in [6.45, 7) is 7.62. The van der Waals surface area contributed by atoms with E-state index in [1.165, 1.54) is 5.56 Å². The molecule has 0 aliphatic carbocycles. The number of hydrogen-bond donors (Lipinski definition) is 0. The highest BCUT2D eigenvalue weighted by atomic mass is 31.2. The van der Waals surface area contributed by atoms with Gasteiger partial charge in [-0.05, 0) is 33.2 Å². The minimum absolute atomic E-state index is 0.00852. The molecule has 0 aliphatic rings. The van der Waals surface area contributed by atoms with Gasteiger partial charge in [0.05, 0.1) is 26.0 Å². The van der Waals surface area contributed by atoms with Gasteiger partial charge in [0.15, 0.2) is 0 Å². The summed E-state index contributed by atoms with van der Waals surface area (Å²) in [5.41, 5.74) is 3.00. The number of nitrogens with zero attached hydrogens (tertiary/aromatic N) is 3. The number of ether oxygens (including phenoxy) is 1. The van der Waals surface area contributed by atoms with E-state index in [0.717, 1.165) is 17.0 Å². The quantitative estimate of drug-likeness (QED) is 0.795. The van der Waals surface area contributed by atoms with Crippen molar-refractivity contribution >= 4 is 7.14 Å². The first kappa shape index (κ1) is 15.8. The SMILES string of the molecule is COc1ccc(C)cc1[C@@H](C)n1cc(CP(C)(C)=O)nn1. The van der Waals surface area contributed by atoms with E-state index < -0.39 is 7.14 Å². The highest BCUT2D eigenvalue weighted by Crippen LogP contribution is 2.39. The van der Waals surface area contributed by atoms with Gasteiger partial charge in [0, 0.05) is 17.9 Å². The predicted molar refractivity (Wildman–Crippen MR) is 84.7 cm³/mol. The van der Waals surface area contributed by atoms with E-state index in [1.807, 2.05) is 32.2 Å². The lowest BCUT2D eigenvalue weighted by Crippen LogP contribution is -2.09. The molecule has 2 rings (SSSR count). The number of aryl methyl sites for hydroxylation is 1. The van der Waals surface area contributed by atoms with Crippen LogP contribution in [0.25, 0.3) is 0 Å². The van der Waals surface area contributed by atoms with Gasteiger partial charge in [-0.1, -0.05) is 22.9 Å². The molecule has 0 unspecified atom stereocenters. The molecule has 0 spiro atoms. The molecule has 0 aliphatic heterocycles. The van der Waals surface area contributed by atoms with E-state index in [9.17, 15) is 4.57 Å². The van der Waals surface area contributed by atoms with Crippen LogP contribution in [0.5, 0.6) is 5.75 Å². The lowest BCUT2D eigenvalue weighted by Gasteiger charge is -2.16. The zero-order valence-electron chi connectivity index (χ0n) is 13.2. The van der Waals surface area contributed by atoms with E-state index in [4.69, 9.17) is 4.74 Å². The van der Waals surface area contributed by atoms with Crippen molar-refractivity contribution in [2.24, 2.45) is 0 Å². The van der Waals surface area contributed by atoms with Gasteiger partial charge in [-0.15, -0.1) is 5.10 Å². The molecule has 1 aromatic heterocycles. The summed E-state index contributed by atoms with van der Waals surface area (Å²) >= 11 is 0. The Kier molecular flexibility index (Phi) is 4.52. The van der Waals surface area contributed by atoms with Crippen LogP contribution < -0.4 is 4.74 Å². The van der Waals surface area contributed by atoms with E-state index in [0.29, 0.717) is 6.16 Å². The van der Waals surface area contributed by atoms with Gasteiger partial charge in [-0.2, -0.15) is 0 Å². The van der Waals surface area contributed by atoms with Gasteiger partial charge in [0.25, 0.3) is 0 Å². The van der Waals surface area contributed by atoms with E-state index >= 15 is 0 Å². The van der Waals surface area contributed by atoms with Crippen LogP contribution in [0.15, 0.2) is 24.4 Å². The third-order valence-electron chi connectivity index (χ3n) is 3.33. The molecule has 114 valence electrons. The average molecular weight is 307 g/mol. The molecule has 0 radical (unpaired) electrons. The maximum atomic E-state index is 11.9. The molecule has 0 N–H and O–H groups in total. The van der Waals surface area contributed by atoms with Crippen LogP contribution in [-0.4, -0.2) is 35.4 Å². The molecule has 2 aromatic rings. The van der Waals surface area contributed by atoms with E-state index in [-0.39, 0.29) is 6.04 Å². The Morgan fingerprint density at radius 1 is 1.38 bits per heavy atom. The summed E-state index contributed by atoms with van der Waals surface area (Å²) in [6.07, 6.45) is 2.34. The summed E-state index contributed by atoms with van der Waals surface area (Å²) in [5.74, 6) is 0.835. The number of aromatic nitrogens is 3. The third-order valence-corrected chi connectivity index (χ3v) is 4.42. The zero-order valence-corrected chi connectivity index (χ0v) is 14.1. The Labute approximate surface area is 125 Å². The first-order valence-electron chi connectivity index (χ1n) is 6.89. The molecular formula is C15H22N3O2P. The molecule has 5 nitrogen and oxygen atoms in total. The highest BCUT2D eigenvalue weighted by molar-refractivity contribution is 7.61. The molecule has 0 amide bonds. The second-order valence-corrected chi connectivity index (χ2v) is 9.31. The van der Waals surface area contributed by atoms with Crippen LogP contribution in [0.1, 0.15) is 29.8 Å². The van der Waals surface area contributed by atoms with Crippen molar-refractivity contribution in [3.8, 4) is 5.75 Å².